The molecule has 0 bridgehead atoms. The topological polar surface area (TPSA) is 86.7 Å². The third-order valence-corrected chi connectivity index (χ3v) is 2.28. The minimum atomic E-state index is -1.53. The highest BCUT2D eigenvalue weighted by Gasteiger charge is 2.42. The van der Waals surface area contributed by atoms with Crippen LogP contribution >= 0.6 is 0 Å². The summed E-state index contributed by atoms with van der Waals surface area (Å²) in [6.07, 6.45) is 0. The minimum Gasteiger partial charge on any atom is -0.474 e. The lowest BCUT2D eigenvalue weighted by Crippen LogP contribution is -2.64. The summed E-state index contributed by atoms with van der Waals surface area (Å²) in [6, 6.07) is 0. The van der Waals surface area contributed by atoms with Gasteiger partial charge in [0.1, 0.15) is 5.54 Å². The van der Waals surface area contributed by atoms with Crippen molar-refractivity contribution in [1.82, 2.24) is 10.2 Å². The number of carbonyl (C=O) groups excluding carboxylic acids is 2. The van der Waals surface area contributed by atoms with Gasteiger partial charge in [0, 0.05) is 13.1 Å². The second kappa shape index (κ2) is 3.28. The summed E-state index contributed by atoms with van der Waals surface area (Å²) < 4.78 is 0. The summed E-state index contributed by atoms with van der Waals surface area (Å²) in [5.41, 5.74) is -1.09. The molecule has 78 valence electrons. The molecule has 1 aliphatic heterocycles. The van der Waals surface area contributed by atoms with Crippen molar-refractivity contribution >= 4 is 17.8 Å². The van der Waals surface area contributed by atoms with Crippen LogP contribution in [0.3, 0.4) is 0 Å². The van der Waals surface area contributed by atoms with Crippen molar-refractivity contribution in [3.63, 3.8) is 0 Å². The molecular formula is C8H12N2O4. The number of carboxylic acid groups (broad SMARTS) is 1. The van der Waals surface area contributed by atoms with E-state index in [1.54, 1.807) is 0 Å². The lowest BCUT2D eigenvalue weighted by molar-refractivity contribution is -0.162. The number of aliphatic carboxylic acids is 1. The maximum absolute atomic E-state index is 11.4. The van der Waals surface area contributed by atoms with E-state index < -0.39 is 17.4 Å². The first-order valence-corrected chi connectivity index (χ1v) is 4.20. The SMILES string of the molecule is CC1(C)C(=O)NCCN1C(=O)C(=O)O. The molecule has 0 radical (unpaired) electrons. The Morgan fingerprint density at radius 2 is 2.07 bits per heavy atom. The number of carbonyl (C=O) groups is 3. The fraction of sp³-hybridized carbons (Fsp3) is 0.625. The van der Waals surface area contributed by atoms with Crippen LogP contribution in [0.25, 0.3) is 0 Å². The fourth-order valence-corrected chi connectivity index (χ4v) is 1.37. The van der Waals surface area contributed by atoms with Gasteiger partial charge in [-0.3, -0.25) is 9.59 Å². The number of piperazine rings is 1. The van der Waals surface area contributed by atoms with Gasteiger partial charge in [-0.1, -0.05) is 0 Å². The van der Waals surface area contributed by atoms with Crippen molar-refractivity contribution in [3.05, 3.63) is 0 Å². The minimum absolute atomic E-state index is 0.226. The van der Waals surface area contributed by atoms with Crippen LogP contribution in [0.2, 0.25) is 0 Å². The van der Waals surface area contributed by atoms with Crippen molar-refractivity contribution in [2.45, 2.75) is 19.4 Å². The van der Waals surface area contributed by atoms with Crippen molar-refractivity contribution in [1.29, 1.82) is 0 Å². The van der Waals surface area contributed by atoms with Gasteiger partial charge in [0.15, 0.2) is 0 Å². The predicted octanol–water partition coefficient (Wildman–Crippen LogP) is -1.19. The molecule has 1 aliphatic rings. The van der Waals surface area contributed by atoms with Crippen molar-refractivity contribution in [2.24, 2.45) is 0 Å². The first-order valence-electron chi connectivity index (χ1n) is 4.20. The molecule has 2 amide bonds. The molecule has 0 unspecified atom stereocenters. The Bertz CT molecular complexity index is 298. The van der Waals surface area contributed by atoms with Crippen LogP contribution in [0.4, 0.5) is 0 Å². The molecule has 1 fully saturated rings. The lowest BCUT2D eigenvalue weighted by atomic mass is 9.99. The predicted molar refractivity (Wildman–Crippen MR) is 46.4 cm³/mol. The lowest BCUT2D eigenvalue weighted by Gasteiger charge is -2.40. The Morgan fingerprint density at radius 1 is 1.50 bits per heavy atom. The normalized spacial score (nSPS) is 20.1. The monoisotopic (exact) mass is 200 g/mol. The molecular weight excluding hydrogens is 188 g/mol. The smallest absolute Gasteiger partial charge is 0.394 e. The van der Waals surface area contributed by atoms with Crippen molar-refractivity contribution in [2.75, 3.05) is 13.1 Å². The Hall–Kier alpha value is -1.59. The Balaban J connectivity index is 2.92. The average Bonchev–Trinajstić information content (AvgIpc) is 2.08. The largest absolute Gasteiger partial charge is 0.474 e. The third-order valence-electron chi connectivity index (χ3n) is 2.28. The highest BCUT2D eigenvalue weighted by molar-refractivity contribution is 6.32. The molecule has 0 atom stereocenters. The van der Waals surface area contributed by atoms with Gasteiger partial charge in [-0.05, 0) is 13.8 Å². The van der Waals surface area contributed by atoms with Gasteiger partial charge in [-0.2, -0.15) is 0 Å². The summed E-state index contributed by atoms with van der Waals surface area (Å²) in [4.78, 5) is 34.1. The van der Waals surface area contributed by atoms with E-state index in [9.17, 15) is 14.4 Å². The molecule has 0 saturated carbocycles. The van der Waals surface area contributed by atoms with Crippen LogP contribution in [-0.4, -0.2) is 46.4 Å². The maximum Gasteiger partial charge on any atom is 0.394 e. The molecule has 6 heteroatoms. The summed E-state index contributed by atoms with van der Waals surface area (Å²) in [5.74, 6) is -2.91. The molecule has 0 aromatic heterocycles. The molecule has 0 aromatic rings. The van der Waals surface area contributed by atoms with Gasteiger partial charge < -0.3 is 15.3 Å². The average molecular weight is 200 g/mol. The molecule has 2 N–H and O–H groups in total. The van der Waals surface area contributed by atoms with Gasteiger partial charge in [-0.25, -0.2) is 4.79 Å². The van der Waals surface area contributed by atoms with E-state index in [1.165, 1.54) is 13.8 Å². The standard InChI is InChI=1S/C8H12N2O4/c1-8(2)7(14)9-3-4-10(8)5(11)6(12)13/h3-4H2,1-2H3,(H,9,14)(H,12,13). The van der Waals surface area contributed by atoms with Crippen LogP contribution < -0.4 is 5.32 Å². The summed E-state index contributed by atoms with van der Waals surface area (Å²) >= 11 is 0. The van der Waals surface area contributed by atoms with Gasteiger partial charge >= 0.3 is 11.9 Å². The summed E-state index contributed by atoms with van der Waals surface area (Å²) in [7, 11) is 0. The second-order valence-corrected chi connectivity index (χ2v) is 3.58. The Morgan fingerprint density at radius 3 is 2.57 bits per heavy atom. The maximum atomic E-state index is 11.4. The van der Waals surface area contributed by atoms with E-state index in [-0.39, 0.29) is 12.5 Å². The second-order valence-electron chi connectivity index (χ2n) is 3.58. The number of nitrogens with one attached hydrogen (secondary N) is 1. The number of hydrogen-bond donors (Lipinski definition) is 2. The van der Waals surface area contributed by atoms with Crippen LogP contribution in [-0.2, 0) is 14.4 Å². The molecule has 1 saturated heterocycles. The van der Waals surface area contributed by atoms with E-state index in [1.807, 2.05) is 0 Å². The first-order chi connectivity index (χ1) is 6.37. The quantitative estimate of drug-likeness (QED) is 0.481. The number of amides is 2. The van der Waals surface area contributed by atoms with Gasteiger partial charge in [-0.15, -0.1) is 0 Å². The molecule has 1 heterocycles. The molecule has 0 aromatic carbocycles. The molecule has 1 rings (SSSR count). The molecule has 0 spiro atoms. The summed E-state index contributed by atoms with van der Waals surface area (Å²) in [6.45, 7) is 3.55. The molecule has 14 heavy (non-hydrogen) atoms. The third kappa shape index (κ3) is 1.55. The Labute approximate surface area is 80.9 Å². The number of hydrogen-bond acceptors (Lipinski definition) is 3. The van der Waals surface area contributed by atoms with Gasteiger partial charge in [0.05, 0.1) is 0 Å². The zero-order valence-corrected chi connectivity index (χ0v) is 8.03. The van der Waals surface area contributed by atoms with Crippen molar-refractivity contribution < 1.29 is 19.5 Å². The zero-order chi connectivity index (χ0) is 10.9. The highest BCUT2D eigenvalue weighted by atomic mass is 16.4. The van der Waals surface area contributed by atoms with Crippen LogP contribution in [0.1, 0.15) is 13.8 Å². The number of carboxylic acids is 1. The highest BCUT2D eigenvalue weighted by Crippen LogP contribution is 2.17. The zero-order valence-electron chi connectivity index (χ0n) is 8.03. The van der Waals surface area contributed by atoms with Gasteiger partial charge in [0.2, 0.25) is 5.91 Å². The van der Waals surface area contributed by atoms with E-state index >= 15 is 0 Å². The summed E-state index contributed by atoms with van der Waals surface area (Å²) in [5, 5.41) is 11.1. The van der Waals surface area contributed by atoms with Gasteiger partial charge in [0.25, 0.3) is 0 Å². The molecule has 6 nitrogen and oxygen atoms in total. The molecule has 0 aliphatic carbocycles. The van der Waals surface area contributed by atoms with E-state index in [0.29, 0.717) is 6.54 Å². The Kier molecular flexibility index (Phi) is 2.46. The van der Waals surface area contributed by atoms with Crippen molar-refractivity contribution in [3.8, 4) is 0 Å². The van der Waals surface area contributed by atoms with E-state index in [2.05, 4.69) is 5.32 Å². The number of rotatable bonds is 0. The fourth-order valence-electron chi connectivity index (χ4n) is 1.37. The first kappa shape index (κ1) is 10.5. The van der Waals surface area contributed by atoms with Crippen LogP contribution in [0, 0.1) is 0 Å². The number of nitrogens with zero attached hydrogens (tertiary/aromatic N) is 1. The van der Waals surface area contributed by atoms with E-state index in [4.69, 9.17) is 5.11 Å². The van der Waals surface area contributed by atoms with Crippen LogP contribution in [0.5, 0.6) is 0 Å². The van der Waals surface area contributed by atoms with Crippen LogP contribution in [0.15, 0.2) is 0 Å². The van der Waals surface area contributed by atoms with E-state index in [0.717, 1.165) is 4.90 Å².